The minimum absolute atomic E-state index is 0.125. The number of alkyl halides is 3. The molecular weight excluding hydrogens is 331 g/mol. The fraction of sp³-hybridized carbons (Fsp3) is 0.571. The summed E-state index contributed by atoms with van der Waals surface area (Å²) >= 11 is 0. The number of anilines is 1. The highest BCUT2D eigenvalue weighted by molar-refractivity contribution is 5.76. The molecule has 2 heterocycles. The summed E-state index contributed by atoms with van der Waals surface area (Å²) in [6, 6.07) is 0.483. The average Bonchev–Trinajstić information content (AvgIpc) is 2.53. The van der Waals surface area contributed by atoms with Crippen LogP contribution in [0.5, 0.6) is 0 Å². The third-order valence-corrected chi connectivity index (χ3v) is 4.22. The van der Waals surface area contributed by atoms with Crippen LogP contribution in [0, 0.1) is 15.5 Å². The Morgan fingerprint density at radius 3 is 2.46 bits per heavy atom. The molecule has 132 valence electrons. The van der Waals surface area contributed by atoms with E-state index in [9.17, 15) is 28.1 Å². The molecule has 7 nitrogen and oxygen atoms in total. The van der Waals surface area contributed by atoms with Crippen molar-refractivity contribution in [3.63, 3.8) is 0 Å². The van der Waals surface area contributed by atoms with Crippen LogP contribution in [0.25, 0.3) is 0 Å². The molecule has 0 amide bonds. The van der Waals surface area contributed by atoms with Gasteiger partial charge in [-0.15, -0.1) is 0 Å². The van der Waals surface area contributed by atoms with Gasteiger partial charge >= 0.3 is 17.8 Å². The zero-order valence-electron chi connectivity index (χ0n) is 13.1. The number of esters is 1. The van der Waals surface area contributed by atoms with Crippen molar-refractivity contribution in [1.82, 2.24) is 4.98 Å². The second kappa shape index (κ2) is 6.25. The number of halogens is 3. The van der Waals surface area contributed by atoms with E-state index in [1.807, 2.05) is 0 Å². The van der Waals surface area contributed by atoms with Crippen LogP contribution in [0.4, 0.5) is 24.7 Å². The highest BCUT2D eigenvalue weighted by atomic mass is 19.4. The maximum atomic E-state index is 12.7. The van der Waals surface area contributed by atoms with Gasteiger partial charge in [0.1, 0.15) is 0 Å². The Morgan fingerprint density at radius 2 is 2.00 bits per heavy atom. The molecule has 0 N–H and O–H groups in total. The van der Waals surface area contributed by atoms with Crippen molar-refractivity contribution in [3.8, 4) is 0 Å². The summed E-state index contributed by atoms with van der Waals surface area (Å²) in [5.74, 6) is -0.503. The second-order valence-corrected chi connectivity index (χ2v) is 5.86. The SMILES string of the molecule is COC(=O)C1(C)CCN(c2ncc(C(F)(F)F)cc2[N+](=O)[O-])CC1. The molecule has 2 rings (SSSR count). The van der Waals surface area contributed by atoms with E-state index < -0.39 is 27.8 Å². The third-order valence-electron chi connectivity index (χ3n) is 4.22. The van der Waals surface area contributed by atoms with E-state index in [2.05, 4.69) is 4.98 Å². The van der Waals surface area contributed by atoms with E-state index >= 15 is 0 Å². The van der Waals surface area contributed by atoms with Crippen LogP contribution >= 0.6 is 0 Å². The smallest absolute Gasteiger partial charge is 0.418 e. The molecule has 1 aliphatic rings. The molecule has 1 saturated heterocycles. The molecule has 24 heavy (non-hydrogen) atoms. The molecule has 0 aromatic carbocycles. The van der Waals surface area contributed by atoms with Crippen LogP contribution in [0.15, 0.2) is 12.3 Å². The maximum absolute atomic E-state index is 12.7. The summed E-state index contributed by atoms with van der Waals surface area (Å²) in [5.41, 5.74) is -2.59. The van der Waals surface area contributed by atoms with E-state index in [1.54, 1.807) is 6.92 Å². The molecule has 1 aromatic rings. The molecule has 0 unspecified atom stereocenters. The summed E-state index contributed by atoms with van der Waals surface area (Å²) in [6.07, 6.45) is -3.41. The molecule has 0 spiro atoms. The van der Waals surface area contributed by atoms with Crippen molar-refractivity contribution >= 4 is 17.5 Å². The van der Waals surface area contributed by atoms with Crippen LogP contribution in [-0.4, -0.2) is 36.1 Å². The number of carbonyl (C=O) groups is 1. The summed E-state index contributed by atoms with van der Waals surface area (Å²) in [7, 11) is 1.28. The zero-order chi connectivity index (χ0) is 18.1. The minimum Gasteiger partial charge on any atom is -0.469 e. The van der Waals surface area contributed by atoms with Gasteiger partial charge in [-0.05, 0) is 19.8 Å². The van der Waals surface area contributed by atoms with Gasteiger partial charge in [0.25, 0.3) is 0 Å². The maximum Gasteiger partial charge on any atom is 0.418 e. The van der Waals surface area contributed by atoms with E-state index in [0.29, 0.717) is 25.1 Å². The Labute approximate surface area is 135 Å². The second-order valence-electron chi connectivity index (χ2n) is 5.86. The van der Waals surface area contributed by atoms with Crippen molar-refractivity contribution in [3.05, 3.63) is 27.9 Å². The van der Waals surface area contributed by atoms with E-state index in [-0.39, 0.29) is 24.9 Å². The number of rotatable bonds is 3. The molecule has 1 fully saturated rings. The minimum atomic E-state index is -4.71. The standard InChI is InChI=1S/C14H16F3N3O4/c1-13(12(21)24-2)3-5-19(6-4-13)11-10(20(22)23)7-9(8-18-11)14(15,16)17/h7-8H,3-6H2,1-2H3. The number of hydrogen-bond acceptors (Lipinski definition) is 6. The van der Waals surface area contributed by atoms with Gasteiger partial charge in [-0.2, -0.15) is 13.2 Å². The lowest BCUT2D eigenvalue weighted by molar-refractivity contribution is -0.384. The van der Waals surface area contributed by atoms with Gasteiger partial charge in [0.05, 0.1) is 23.0 Å². The van der Waals surface area contributed by atoms with Crippen molar-refractivity contribution in [2.45, 2.75) is 25.9 Å². The first kappa shape index (κ1) is 18.0. The first-order valence-electron chi connectivity index (χ1n) is 7.13. The number of piperidine rings is 1. The van der Waals surface area contributed by atoms with Gasteiger partial charge in [-0.3, -0.25) is 14.9 Å². The van der Waals surface area contributed by atoms with Crippen LogP contribution < -0.4 is 4.90 Å². The summed E-state index contributed by atoms with van der Waals surface area (Å²) < 4.78 is 42.9. The summed E-state index contributed by atoms with van der Waals surface area (Å²) in [6.45, 7) is 2.24. The summed E-state index contributed by atoms with van der Waals surface area (Å²) in [4.78, 5) is 27.2. The molecule has 0 atom stereocenters. The molecule has 0 aliphatic carbocycles. The average molecular weight is 347 g/mol. The van der Waals surface area contributed by atoms with Crippen LogP contribution in [0.2, 0.25) is 0 Å². The Balaban J connectivity index is 2.27. The third kappa shape index (κ3) is 3.41. The Bertz CT molecular complexity index is 655. The Kier molecular flexibility index (Phi) is 4.68. The summed E-state index contributed by atoms with van der Waals surface area (Å²) in [5, 5.41) is 11.1. The largest absolute Gasteiger partial charge is 0.469 e. The first-order chi connectivity index (χ1) is 11.1. The monoisotopic (exact) mass is 347 g/mol. The molecule has 0 bridgehead atoms. The fourth-order valence-corrected chi connectivity index (χ4v) is 2.64. The lowest BCUT2D eigenvalue weighted by Gasteiger charge is -2.37. The van der Waals surface area contributed by atoms with Gasteiger partial charge < -0.3 is 9.64 Å². The van der Waals surface area contributed by atoms with Crippen LogP contribution in [0.3, 0.4) is 0 Å². The van der Waals surface area contributed by atoms with Gasteiger partial charge in [0.2, 0.25) is 5.82 Å². The van der Waals surface area contributed by atoms with Gasteiger partial charge in [0, 0.05) is 25.4 Å². The van der Waals surface area contributed by atoms with Crippen molar-refractivity contribution in [2.75, 3.05) is 25.1 Å². The molecular formula is C14H16F3N3O4. The predicted octanol–water partition coefficient (Wildman–Crippen LogP) is 2.79. The number of hydrogen-bond donors (Lipinski definition) is 0. The Morgan fingerprint density at radius 1 is 1.42 bits per heavy atom. The lowest BCUT2D eigenvalue weighted by atomic mass is 9.80. The molecule has 1 aromatic heterocycles. The number of ether oxygens (including phenoxy) is 1. The Hall–Kier alpha value is -2.39. The first-order valence-corrected chi connectivity index (χ1v) is 7.13. The zero-order valence-corrected chi connectivity index (χ0v) is 13.1. The van der Waals surface area contributed by atoms with Gasteiger partial charge in [-0.25, -0.2) is 4.98 Å². The van der Waals surface area contributed by atoms with E-state index in [1.165, 1.54) is 12.0 Å². The fourth-order valence-electron chi connectivity index (χ4n) is 2.64. The topological polar surface area (TPSA) is 85.6 Å². The number of nitrogens with zero attached hydrogens (tertiary/aromatic N) is 3. The predicted molar refractivity (Wildman–Crippen MR) is 77.5 cm³/mol. The van der Waals surface area contributed by atoms with Crippen molar-refractivity contribution < 1.29 is 27.6 Å². The molecule has 1 aliphatic heterocycles. The van der Waals surface area contributed by atoms with E-state index in [0.717, 1.165) is 0 Å². The van der Waals surface area contributed by atoms with Crippen molar-refractivity contribution in [2.24, 2.45) is 5.41 Å². The number of carbonyl (C=O) groups excluding carboxylic acids is 1. The van der Waals surface area contributed by atoms with Gasteiger partial charge in [-0.1, -0.05) is 0 Å². The van der Waals surface area contributed by atoms with Gasteiger partial charge in [0.15, 0.2) is 0 Å². The highest BCUT2D eigenvalue weighted by Gasteiger charge is 2.40. The normalized spacial score (nSPS) is 17.5. The molecule has 10 heteroatoms. The number of aromatic nitrogens is 1. The number of methoxy groups -OCH3 is 1. The number of nitro groups is 1. The quantitative estimate of drug-likeness (QED) is 0.475. The van der Waals surface area contributed by atoms with Crippen molar-refractivity contribution in [1.29, 1.82) is 0 Å². The number of pyridine rings is 1. The lowest BCUT2D eigenvalue weighted by Crippen LogP contribution is -2.43. The highest BCUT2D eigenvalue weighted by Crippen LogP contribution is 2.38. The van der Waals surface area contributed by atoms with Crippen LogP contribution in [-0.2, 0) is 15.7 Å². The van der Waals surface area contributed by atoms with E-state index in [4.69, 9.17) is 4.74 Å². The van der Waals surface area contributed by atoms with Crippen LogP contribution in [0.1, 0.15) is 25.3 Å². The molecule has 0 saturated carbocycles. The molecule has 0 radical (unpaired) electrons.